The Morgan fingerprint density at radius 2 is 1.86 bits per heavy atom. The Kier molecular flexibility index (Phi) is 3.80. The Bertz CT molecular complexity index is 607. The molecule has 1 aliphatic rings. The molecule has 0 N–H and O–H groups in total. The van der Waals surface area contributed by atoms with Gasteiger partial charge in [0, 0.05) is 24.5 Å². The van der Waals surface area contributed by atoms with E-state index in [1.807, 2.05) is 0 Å². The van der Waals surface area contributed by atoms with Gasteiger partial charge in [-0.05, 0) is 13.8 Å². The molecule has 0 aliphatic carbocycles. The molecule has 1 aromatic carbocycles. The molecule has 2 rings (SSSR count). The summed E-state index contributed by atoms with van der Waals surface area (Å²) in [5, 5.41) is 0. The Balaban J connectivity index is 2.70. The molecule has 0 amide bonds. The Morgan fingerprint density at radius 1 is 1.24 bits per heavy atom. The maximum atomic E-state index is 11.3. The third-order valence-electron chi connectivity index (χ3n) is 3.45. The van der Waals surface area contributed by atoms with Crippen LogP contribution in [0.15, 0.2) is 0 Å². The van der Waals surface area contributed by atoms with E-state index in [9.17, 15) is 9.59 Å². The standard InChI is InChI=1S/C15H18O6/c1-8-10-6-15(3,7-16)21-12(10)14(19-5)13(18-4)11(8)20-9(2)17/h7H,6H2,1-5H3. The largest absolute Gasteiger partial charge is 0.490 e. The first-order valence-electron chi connectivity index (χ1n) is 6.48. The van der Waals surface area contributed by atoms with Gasteiger partial charge in [-0.1, -0.05) is 0 Å². The van der Waals surface area contributed by atoms with Gasteiger partial charge in [-0.15, -0.1) is 0 Å². The maximum Gasteiger partial charge on any atom is 0.308 e. The number of aldehydes is 1. The number of rotatable bonds is 4. The van der Waals surface area contributed by atoms with Crippen LogP contribution < -0.4 is 18.9 Å². The van der Waals surface area contributed by atoms with Crippen molar-refractivity contribution in [3.63, 3.8) is 0 Å². The second-order valence-corrected chi connectivity index (χ2v) is 5.13. The molecule has 6 heteroatoms. The molecular weight excluding hydrogens is 276 g/mol. The third kappa shape index (κ3) is 2.41. The summed E-state index contributed by atoms with van der Waals surface area (Å²) in [6.07, 6.45) is 1.14. The van der Waals surface area contributed by atoms with Crippen molar-refractivity contribution in [2.45, 2.75) is 32.8 Å². The zero-order valence-corrected chi connectivity index (χ0v) is 12.7. The van der Waals surface area contributed by atoms with Crippen LogP contribution in [0.3, 0.4) is 0 Å². The number of carbonyl (C=O) groups is 2. The quantitative estimate of drug-likeness (QED) is 0.479. The van der Waals surface area contributed by atoms with E-state index in [0.29, 0.717) is 29.2 Å². The first-order chi connectivity index (χ1) is 9.86. The summed E-state index contributed by atoms with van der Waals surface area (Å²) in [5.41, 5.74) is 0.516. The van der Waals surface area contributed by atoms with Gasteiger partial charge in [0.05, 0.1) is 14.2 Å². The smallest absolute Gasteiger partial charge is 0.308 e. The second-order valence-electron chi connectivity index (χ2n) is 5.13. The molecule has 0 fully saturated rings. The van der Waals surface area contributed by atoms with Gasteiger partial charge in [0.2, 0.25) is 11.5 Å². The summed E-state index contributed by atoms with van der Waals surface area (Å²) < 4.78 is 21.6. The number of hydrogen-bond acceptors (Lipinski definition) is 6. The van der Waals surface area contributed by atoms with Crippen molar-refractivity contribution in [3.8, 4) is 23.0 Å². The molecule has 1 unspecified atom stereocenters. The Labute approximate surface area is 122 Å². The molecule has 1 aromatic rings. The summed E-state index contributed by atoms with van der Waals surface area (Å²) in [6, 6.07) is 0. The summed E-state index contributed by atoms with van der Waals surface area (Å²) in [7, 11) is 2.91. The van der Waals surface area contributed by atoms with Crippen molar-refractivity contribution in [2.75, 3.05) is 14.2 Å². The Morgan fingerprint density at radius 3 is 2.33 bits per heavy atom. The number of esters is 1. The van der Waals surface area contributed by atoms with Crippen LogP contribution >= 0.6 is 0 Å². The van der Waals surface area contributed by atoms with Gasteiger partial charge >= 0.3 is 5.97 Å². The highest BCUT2D eigenvalue weighted by molar-refractivity contribution is 5.77. The normalized spacial score (nSPS) is 19.5. The molecule has 0 aromatic heterocycles. The van der Waals surface area contributed by atoms with Crippen molar-refractivity contribution in [1.29, 1.82) is 0 Å². The average Bonchev–Trinajstić information content (AvgIpc) is 2.80. The molecule has 1 aliphatic heterocycles. The predicted molar refractivity (Wildman–Crippen MR) is 74.4 cm³/mol. The fourth-order valence-electron chi connectivity index (χ4n) is 2.47. The van der Waals surface area contributed by atoms with Crippen molar-refractivity contribution in [3.05, 3.63) is 11.1 Å². The first kappa shape index (κ1) is 15.2. The minimum absolute atomic E-state index is 0.277. The molecular formula is C15H18O6. The average molecular weight is 294 g/mol. The SMILES string of the molecule is COc1c(OC(C)=O)c(C)c2c(c1OC)OC(C)(C=O)C2. The highest BCUT2D eigenvalue weighted by Gasteiger charge is 2.41. The van der Waals surface area contributed by atoms with Crippen LogP contribution in [0, 0.1) is 6.92 Å². The first-order valence-corrected chi connectivity index (χ1v) is 6.48. The molecule has 1 heterocycles. The van der Waals surface area contributed by atoms with Gasteiger partial charge in [-0.25, -0.2) is 0 Å². The number of hydrogen-bond donors (Lipinski definition) is 0. The minimum atomic E-state index is -0.958. The van der Waals surface area contributed by atoms with Gasteiger partial charge in [-0.3, -0.25) is 9.59 Å². The molecule has 0 spiro atoms. The molecule has 0 saturated heterocycles. The summed E-state index contributed by atoms with van der Waals surface area (Å²) in [5.74, 6) is 0.881. The second kappa shape index (κ2) is 5.27. The molecule has 0 bridgehead atoms. The number of fused-ring (bicyclic) bond motifs is 1. The van der Waals surface area contributed by atoms with Crippen molar-refractivity contribution in [2.24, 2.45) is 0 Å². The van der Waals surface area contributed by atoms with E-state index in [1.165, 1.54) is 21.1 Å². The number of methoxy groups -OCH3 is 2. The van der Waals surface area contributed by atoms with E-state index in [1.54, 1.807) is 13.8 Å². The number of ether oxygens (including phenoxy) is 4. The van der Waals surface area contributed by atoms with Crippen molar-refractivity contribution in [1.82, 2.24) is 0 Å². The van der Waals surface area contributed by atoms with E-state index in [-0.39, 0.29) is 5.75 Å². The molecule has 21 heavy (non-hydrogen) atoms. The van der Waals surface area contributed by atoms with Crippen LogP contribution in [0.4, 0.5) is 0 Å². The van der Waals surface area contributed by atoms with Gasteiger partial charge in [0.15, 0.2) is 23.4 Å². The van der Waals surface area contributed by atoms with E-state index < -0.39 is 11.6 Å². The monoisotopic (exact) mass is 294 g/mol. The predicted octanol–water partition coefficient (Wildman–Crippen LogP) is 1.83. The molecule has 1 atom stereocenters. The third-order valence-corrected chi connectivity index (χ3v) is 3.45. The van der Waals surface area contributed by atoms with Crippen LogP contribution in [0.25, 0.3) is 0 Å². The van der Waals surface area contributed by atoms with Crippen LogP contribution in [0.5, 0.6) is 23.0 Å². The van der Waals surface area contributed by atoms with Crippen molar-refractivity contribution >= 4 is 12.3 Å². The highest BCUT2D eigenvalue weighted by atomic mass is 16.6. The van der Waals surface area contributed by atoms with Crippen LogP contribution in [-0.4, -0.2) is 32.1 Å². The lowest BCUT2D eigenvalue weighted by Crippen LogP contribution is -2.31. The van der Waals surface area contributed by atoms with Gasteiger partial charge < -0.3 is 18.9 Å². The highest BCUT2D eigenvalue weighted by Crippen LogP contribution is 2.53. The fourth-order valence-corrected chi connectivity index (χ4v) is 2.47. The number of carbonyl (C=O) groups excluding carboxylic acids is 2. The van der Waals surface area contributed by atoms with Crippen LogP contribution in [-0.2, 0) is 16.0 Å². The van der Waals surface area contributed by atoms with Gasteiger partial charge in [0.1, 0.15) is 0 Å². The van der Waals surface area contributed by atoms with E-state index >= 15 is 0 Å². The topological polar surface area (TPSA) is 71.1 Å². The van der Waals surface area contributed by atoms with E-state index in [0.717, 1.165) is 11.8 Å². The fraction of sp³-hybridized carbons (Fsp3) is 0.467. The maximum absolute atomic E-state index is 11.3. The van der Waals surface area contributed by atoms with E-state index in [4.69, 9.17) is 18.9 Å². The molecule has 6 nitrogen and oxygen atoms in total. The summed E-state index contributed by atoms with van der Waals surface area (Å²) in [4.78, 5) is 22.6. The lowest BCUT2D eigenvalue weighted by molar-refractivity contribution is -0.132. The minimum Gasteiger partial charge on any atom is -0.490 e. The number of benzene rings is 1. The van der Waals surface area contributed by atoms with Gasteiger partial charge in [0.25, 0.3) is 0 Å². The summed E-state index contributed by atoms with van der Waals surface area (Å²) >= 11 is 0. The summed E-state index contributed by atoms with van der Waals surface area (Å²) in [6.45, 7) is 4.79. The zero-order chi connectivity index (χ0) is 15.8. The van der Waals surface area contributed by atoms with Crippen LogP contribution in [0.2, 0.25) is 0 Å². The lowest BCUT2D eigenvalue weighted by Gasteiger charge is -2.19. The van der Waals surface area contributed by atoms with Gasteiger partial charge in [-0.2, -0.15) is 0 Å². The molecule has 0 saturated carbocycles. The lowest BCUT2D eigenvalue weighted by atomic mass is 9.96. The van der Waals surface area contributed by atoms with Crippen molar-refractivity contribution < 1.29 is 28.5 Å². The molecule has 114 valence electrons. The zero-order valence-electron chi connectivity index (χ0n) is 12.7. The Hall–Kier alpha value is -2.24. The van der Waals surface area contributed by atoms with Crippen LogP contribution in [0.1, 0.15) is 25.0 Å². The van der Waals surface area contributed by atoms with E-state index in [2.05, 4.69) is 0 Å². The molecule has 0 radical (unpaired) electrons.